The Kier molecular flexibility index (Phi) is 6.20. The van der Waals surface area contributed by atoms with Gasteiger partial charge in [-0.3, -0.25) is 19.7 Å². The van der Waals surface area contributed by atoms with Crippen LogP contribution in [0.2, 0.25) is 0 Å². The van der Waals surface area contributed by atoms with Crippen molar-refractivity contribution in [2.24, 2.45) is 5.73 Å². The highest BCUT2D eigenvalue weighted by Gasteiger charge is 2.36. The predicted molar refractivity (Wildman–Crippen MR) is 110 cm³/mol. The van der Waals surface area contributed by atoms with E-state index >= 15 is 0 Å². The zero-order valence-electron chi connectivity index (χ0n) is 16.7. The van der Waals surface area contributed by atoms with Crippen LogP contribution in [0.5, 0.6) is 17.2 Å². The van der Waals surface area contributed by atoms with Gasteiger partial charge in [-0.25, -0.2) is 9.69 Å². The number of primary amides is 1. The lowest BCUT2D eigenvalue weighted by atomic mass is 10.1. The summed E-state index contributed by atoms with van der Waals surface area (Å²) in [6.45, 7) is -0.337. The summed E-state index contributed by atoms with van der Waals surface area (Å²) in [6, 6.07) is 9.95. The molecule has 10 nitrogen and oxygen atoms in total. The van der Waals surface area contributed by atoms with E-state index < -0.39 is 23.8 Å². The smallest absolute Gasteiger partial charge is 0.335 e. The van der Waals surface area contributed by atoms with E-state index in [0.29, 0.717) is 11.3 Å². The molecular formula is C21H19N3O7. The van der Waals surface area contributed by atoms with Crippen molar-refractivity contribution in [3.63, 3.8) is 0 Å². The molecule has 2 aromatic carbocycles. The molecule has 1 fully saturated rings. The van der Waals surface area contributed by atoms with Gasteiger partial charge in [0.25, 0.3) is 17.7 Å². The molecule has 1 saturated heterocycles. The second kappa shape index (κ2) is 8.99. The minimum atomic E-state index is -0.856. The molecule has 0 spiro atoms. The van der Waals surface area contributed by atoms with Gasteiger partial charge >= 0.3 is 6.03 Å². The predicted octanol–water partition coefficient (Wildman–Crippen LogP) is 1.23. The molecule has 1 aliphatic heterocycles. The molecule has 1 heterocycles. The van der Waals surface area contributed by atoms with Crippen molar-refractivity contribution in [3.8, 4) is 17.2 Å². The monoisotopic (exact) mass is 425 g/mol. The van der Waals surface area contributed by atoms with Crippen LogP contribution >= 0.6 is 0 Å². The maximum atomic E-state index is 12.9. The summed E-state index contributed by atoms with van der Waals surface area (Å²) in [5.41, 5.74) is 5.53. The second-order valence-corrected chi connectivity index (χ2v) is 6.32. The van der Waals surface area contributed by atoms with Crippen LogP contribution in [0, 0.1) is 0 Å². The van der Waals surface area contributed by atoms with Crippen molar-refractivity contribution in [1.29, 1.82) is 0 Å². The molecule has 0 saturated carbocycles. The lowest BCUT2D eigenvalue weighted by molar-refractivity contribution is -0.123. The minimum absolute atomic E-state index is 0.247. The summed E-state index contributed by atoms with van der Waals surface area (Å²) < 4.78 is 15.5. The Balaban J connectivity index is 1.92. The van der Waals surface area contributed by atoms with Gasteiger partial charge in [-0.2, -0.15) is 0 Å². The number of carbonyl (C=O) groups excluding carboxylic acids is 4. The molecule has 160 valence electrons. The highest BCUT2D eigenvalue weighted by Crippen LogP contribution is 2.30. The first-order valence-corrected chi connectivity index (χ1v) is 8.98. The van der Waals surface area contributed by atoms with Crippen LogP contribution in [0.1, 0.15) is 5.56 Å². The summed E-state index contributed by atoms with van der Waals surface area (Å²) in [6.07, 6.45) is 1.32. The number of hydrogen-bond donors (Lipinski definition) is 2. The number of nitrogens with zero attached hydrogens (tertiary/aromatic N) is 1. The van der Waals surface area contributed by atoms with Crippen molar-refractivity contribution < 1.29 is 33.4 Å². The molecule has 0 bridgehead atoms. The fourth-order valence-electron chi connectivity index (χ4n) is 2.83. The van der Waals surface area contributed by atoms with E-state index in [2.05, 4.69) is 5.32 Å². The van der Waals surface area contributed by atoms with Crippen molar-refractivity contribution in [2.75, 3.05) is 25.7 Å². The first-order chi connectivity index (χ1) is 14.8. The average Bonchev–Trinajstić information content (AvgIpc) is 2.75. The topological polar surface area (TPSA) is 137 Å². The number of rotatable bonds is 7. The zero-order chi connectivity index (χ0) is 22.5. The number of barbiturate groups is 1. The van der Waals surface area contributed by atoms with Gasteiger partial charge in [0.2, 0.25) is 0 Å². The van der Waals surface area contributed by atoms with Gasteiger partial charge in [0.15, 0.2) is 18.1 Å². The maximum Gasteiger partial charge on any atom is 0.335 e. The zero-order valence-corrected chi connectivity index (χ0v) is 16.7. The summed E-state index contributed by atoms with van der Waals surface area (Å²) in [5, 5.41) is 2.15. The van der Waals surface area contributed by atoms with E-state index in [0.717, 1.165) is 4.90 Å². The fourth-order valence-corrected chi connectivity index (χ4v) is 2.83. The molecule has 0 unspecified atom stereocenters. The van der Waals surface area contributed by atoms with Gasteiger partial charge in [-0.05, 0) is 48.0 Å². The molecule has 1 aliphatic rings. The molecule has 31 heavy (non-hydrogen) atoms. The molecular weight excluding hydrogens is 406 g/mol. The Morgan fingerprint density at radius 3 is 2.35 bits per heavy atom. The van der Waals surface area contributed by atoms with E-state index in [9.17, 15) is 19.2 Å². The Hall–Kier alpha value is -4.34. The quantitative estimate of drug-likeness (QED) is 0.503. The fraction of sp³-hybridized carbons (Fsp3) is 0.143. The lowest BCUT2D eigenvalue weighted by Crippen LogP contribution is -2.54. The van der Waals surface area contributed by atoms with Crippen LogP contribution in [-0.2, 0) is 14.4 Å². The number of urea groups is 1. The summed E-state index contributed by atoms with van der Waals surface area (Å²) in [7, 11) is 2.89. The van der Waals surface area contributed by atoms with Gasteiger partial charge in [-0.1, -0.05) is 6.07 Å². The van der Waals surface area contributed by atoms with Gasteiger partial charge in [0.1, 0.15) is 11.3 Å². The second-order valence-electron chi connectivity index (χ2n) is 6.32. The number of nitrogens with one attached hydrogen (secondary N) is 1. The van der Waals surface area contributed by atoms with Gasteiger partial charge in [0, 0.05) is 0 Å². The van der Waals surface area contributed by atoms with Gasteiger partial charge in [0.05, 0.1) is 19.9 Å². The van der Waals surface area contributed by atoms with E-state index in [1.807, 2.05) is 0 Å². The third kappa shape index (κ3) is 4.64. The number of hydrogen-bond acceptors (Lipinski definition) is 7. The molecule has 10 heteroatoms. The summed E-state index contributed by atoms with van der Waals surface area (Å²) >= 11 is 0. The van der Waals surface area contributed by atoms with Crippen molar-refractivity contribution in [3.05, 3.63) is 53.6 Å². The maximum absolute atomic E-state index is 12.9. The number of benzene rings is 2. The largest absolute Gasteiger partial charge is 0.497 e. The Morgan fingerprint density at radius 2 is 1.74 bits per heavy atom. The van der Waals surface area contributed by atoms with Gasteiger partial charge in [-0.15, -0.1) is 0 Å². The number of carbonyl (C=O) groups is 4. The van der Waals surface area contributed by atoms with Crippen LogP contribution in [0.3, 0.4) is 0 Å². The van der Waals surface area contributed by atoms with Crippen LogP contribution < -0.4 is 30.2 Å². The lowest BCUT2D eigenvalue weighted by Gasteiger charge is -2.26. The molecule has 0 radical (unpaired) electrons. The van der Waals surface area contributed by atoms with E-state index in [4.69, 9.17) is 19.9 Å². The first kappa shape index (κ1) is 21.4. The minimum Gasteiger partial charge on any atom is -0.497 e. The molecule has 5 amide bonds. The standard InChI is InChI=1S/C21H19N3O7/c1-29-14-6-4-13(5-7-14)24-20(27)15(19(26)23-21(24)28)9-12-3-8-16(17(10-12)30-2)31-11-18(22)25/h3-10H,11H2,1-2H3,(H2,22,25)(H,23,26,28)/b15-9-. The van der Waals surface area contributed by atoms with Crippen LogP contribution in [0.25, 0.3) is 6.08 Å². The third-order valence-electron chi connectivity index (χ3n) is 4.30. The van der Waals surface area contributed by atoms with Gasteiger partial charge < -0.3 is 19.9 Å². The SMILES string of the molecule is COc1ccc(N2C(=O)NC(=O)/C(=C/c3ccc(OCC(N)=O)c(OC)c3)C2=O)cc1. The normalized spacial score (nSPS) is 15.0. The molecule has 0 atom stereocenters. The van der Waals surface area contributed by atoms with E-state index in [1.165, 1.54) is 44.6 Å². The van der Waals surface area contributed by atoms with E-state index in [-0.39, 0.29) is 29.4 Å². The summed E-state index contributed by atoms with van der Waals surface area (Å²) in [4.78, 5) is 49.3. The Morgan fingerprint density at radius 1 is 1.03 bits per heavy atom. The van der Waals surface area contributed by atoms with Crippen molar-refractivity contribution in [1.82, 2.24) is 5.32 Å². The highest BCUT2D eigenvalue weighted by molar-refractivity contribution is 6.39. The number of anilines is 1. The number of nitrogens with two attached hydrogens (primary N) is 1. The molecule has 0 aromatic heterocycles. The first-order valence-electron chi connectivity index (χ1n) is 8.98. The number of methoxy groups -OCH3 is 2. The Labute approximate surface area is 177 Å². The van der Waals surface area contributed by atoms with Crippen molar-refractivity contribution in [2.45, 2.75) is 0 Å². The average molecular weight is 425 g/mol. The summed E-state index contributed by atoms with van der Waals surface area (Å²) in [5.74, 6) is -1.19. The molecule has 3 N–H and O–H groups in total. The van der Waals surface area contributed by atoms with Crippen LogP contribution in [-0.4, -0.2) is 44.6 Å². The Bertz CT molecular complexity index is 1080. The third-order valence-corrected chi connectivity index (χ3v) is 4.30. The molecule has 3 rings (SSSR count). The number of amides is 5. The number of ether oxygens (including phenoxy) is 3. The van der Waals surface area contributed by atoms with Crippen molar-refractivity contribution >= 4 is 35.5 Å². The number of imide groups is 2. The molecule has 2 aromatic rings. The molecule has 0 aliphatic carbocycles. The van der Waals surface area contributed by atoms with Crippen LogP contribution in [0.4, 0.5) is 10.5 Å². The van der Waals surface area contributed by atoms with E-state index in [1.54, 1.807) is 18.2 Å². The van der Waals surface area contributed by atoms with Crippen LogP contribution in [0.15, 0.2) is 48.0 Å². The highest BCUT2D eigenvalue weighted by atomic mass is 16.5.